The summed E-state index contributed by atoms with van der Waals surface area (Å²) in [7, 11) is -3.19. The molecule has 1 aromatic rings. The largest absolute Gasteiger partial charge is 0.382 e. The number of hydrogen-bond donors (Lipinski definition) is 2. The van der Waals surface area contributed by atoms with Gasteiger partial charge < -0.3 is 15.4 Å². The molecule has 0 unspecified atom stereocenters. The zero-order valence-electron chi connectivity index (χ0n) is 17.4. The zero-order valence-corrected chi connectivity index (χ0v) is 20.5. The minimum absolute atomic E-state index is 0. The van der Waals surface area contributed by atoms with Crippen molar-refractivity contribution in [2.45, 2.75) is 51.5 Å². The summed E-state index contributed by atoms with van der Waals surface area (Å²) in [5.74, 6) is 0.796. The number of rotatable bonds is 10. The van der Waals surface area contributed by atoms with Crippen LogP contribution in [0.15, 0.2) is 28.1 Å². The standard InChI is InChI=1S/C20H33N3O3S.HI/c1-5-21-19(23-15-20(9-10-20)11-12-26-6-2)22-14-17-7-8-18(16(3)13-17)27(4,24)25;/h7-8,13H,5-6,9-12,14-15H2,1-4H3,(H2,21,22,23);1H. The zero-order chi connectivity index (χ0) is 19.9. The molecule has 2 N–H and O–H groups in total. The van der Waals surface area contributed by atoms with E-state index in [9.17, 15) is 8.42 Å². The monoisotopic (exact) mass is 523 g/mol. The summed E-state index contributed by atoms with van der Waals surface area (Å²) >= 11 is 0. The average molecular weight is 523 g/mol. The summed E-state index contributed by atoms with van der Waals surface area (Å²) in [4.78, 5) is 5.04. The Morgan fingerprint density at radius 1 is 1.25 bits per heavy atom. The Bertz CT molecular complexity index is 762. The third kappa shape index (κ3) is 7.87. The minimum Gasteiger partial charge on any atom is -0.382 e. The lowest BCUT2D eigenvalue weighted by molar-refractivity contribution is 0.128. The second kappa shape index (κ2) is 11.3. The van der Waals surface area contributed by atoms with Crippen molar-refractivity contribution < 1.29 is 13.2 Å². The van der Waals surface area contributed by atoms with Gasteiger partial charge in [-0.05, 0) is 62.6 Å². The second-order valence-corrected chi connectivity index (χ2v) is 9.35. The predicted molar refractivity (Wildman–Crippen MR) is 125 cm³/mol. The van der Waals surface area contributed by atoms with Crippen molar-refractivity contribution in [2.24, 2.45) is 10.4 Å². The van der Waals surface area contributed by atoms with E-state index in [0.29, 0.717) is 16.9 Å². The molecular weight excluding hydrogens is 489 g/mol. The molecule has 1 aromatic carbocycles. The van der Waals surface area contributed by atoms with Crippen LogP contribution in [0.2, 0.25) is 0 Å². The fourth-order valence-corrected chi connectivity index (χ4v) is 4.09. The summed E-state index contributed by atoms with van der Waals surface area (Å²) in [6.07, 6.45) is 4.79. The Labute approximate surface area is 186 Å². The molecule has 6 nitrogen and oxygen atoms in total. The van der Waals surface area contributed by atoms with E-state index in [1.54, 1.807) is 6.07 Å². The van der Waals surface area contributed by atoms with Crippen molar-refractivity contribution in [2.75, 3.05) is 32.6 Å². The van der Waals surface area contributed by atoms with E-state index in [0.717, 1.165) is 49.8 Å². The molecule has 0 amide bonds. The topological polar surface area (TPSA) is 79.8 Å². The number of guanidine groups is 1. The van der Waals surface area contributed by atoms with Crippen LogP contribution in [0.4, 0.5) is 0 Å². The van der Waals surface area contributed by atoms with Crippen LogP contribution in [0.25, 0.3) is 0 Å². The highest BCUT2D eigenvalue weighted by atomic mass is 127. The first kappa shape index (κ1) is 25.2. The average Bonchev–Trinajstić information content (AvgIpc) is 3.37. The van der Waals surface area contributed by atoms with E-state index < -0.39 is 9.84 Å². The highest BCUT2D eigenvalue weighted by Crippen LogP contribution is 2.48. The molecule has 160 valence electrons. The van der Waals surface area contributed by atoms with Gasteiger partial charge in [-0.3, -0.25) is 0 Å². The molecule has 1 aliphatic rings. The Kier molecular flexibility index (Phi) is 10.2. The molecule has 1 saturated carbocycles. The number of aryl methyl sites for hydroxylation is 1. The summed E-state index contributed by atoms with van der Waals surface area (Å²) in [6, 6.07) is 5.40. The first-order chi connectivity index (χ1) is 12.8. The van der Waals surface area contributed by atoms with E-state index in [1.165, 1.54) is 19.1 Å². The lowest BCUT2D eigenvalue weighted by Gasteiger charge is -2.18. The van der Waals surface area contributed by atoms with E-state index in [-0.39, 0.29) is 24.0 Å². The number of hydrogen-bond acceptors (Lipinski definition) is 4. The van der Waals surface area contributed by atoms with E-state index in [1.807, 2.05) is 32.9 Å². The molecule has 2 rings (SSSR count). The highest BCUT2D eigenvalue weighted by molar-refractivity contribution is 14.0. The Morgan fingerprint density at radius 2 is 1.96 bits per heavy atom. The molecule has 0 saturated heterocycles. The van der Waals surface area contributed by atoms with Crippen molar-refractivity contribution in [3.8, 4) is 0 Å². The molecule has 0 heterocycles. The van der Waals surface area contributed by atoms with Crippen LogP contribution in [0.1, 0.15) is 44.2 Å². The molecule has 1 fully saturated rings. The third-order valence-corrected chi connectivity index (χ3v) is 6.23. The molecule has 8 heteroatoms. The Hall–Kier alpha value is -0.870. The summed E-state index contributed by atoms with van der Waals surface area (Å²) < 4.78 is 29.0. The molecule has 0 radical (unpaired) electrons. The molecule has 1 aliphatic carbocycles. The number of nitrogens with zero attached hydrogens (tertiary/aromatic N) is 1. The molecule has 0 atom stereocenters. The van der Waals surface area contributed by atoms with Gasteiger partial charge in [0.05, 0.1) is 11.4 Å². The van der Waals surface area contributed by atoms with Gasteiger partial charge in [0.2, 0.25) is 0 Å². The van der Waals surface area contributed by atoms with Crippen molar-refractivity contribution >= 4 is 39.8 Å². The first-order valence-electron chi connectivity index (χ1n) is 9.69. The first-order valence-corrected chi connectivity index (χ1v) is 11.6. The van der Waals surface area contributed by atoms with Gasteiger partial charge in [0.15, 0.2) is 15.8 Å². The van der Waals surface area contributed by atoms with Crippen molar-refractivity contribution in [1.82, 2.24) is 10.6 Å². The third-order valence-electron chi connectivity index (χ3n) is 4.97. The van der Waals surface area contributed by atoms with E-state index in [4.69, 9.17) is 4.74 Å². The fourth-order valence-electron chi connectivity index (χ4n) is 3.13. The number of aliphatic imine (C=N–C) groups is 1. The normalized spacial score (nSPS) is 15.6. The molecule has 0 aliphatic heterocycles. The van der Waals surface area contributed by atoms with Crippen LogP contribution in [0.3, 0.4) is 0 Å². The van der Waals surface area contributed by atoms with Crippen LogP contribution < -0.4 is 10.6 Å². The van der Waals surface area contributed by atoms with Gasteiger partial charge >= 0.3 is 0 Å². The fraction of sp³-hybridized carbons (Fsp3) is 0.650. The van der Waals surface area contributed by atoms with Gasteiger partial charge in [-0.1, -0.05) is 12.1 Å². The van der Waals surface area contributed by atoms with Gasteiger partial charge in [0.1, 0.15) is 0 Å². The van der Waals surface area contributed by atoms with Gasteiger partial charge in [0, 0.05) is 32.6 Å². The lowest BCUT2D eigenvalue weighted by Crippen LogP contribution is -2.40. The van der Waals surface area contributed by atoms with Gasteiger partial charge in [-0.25, -0.2) is 13.4 Å². The minimum atomic E-state index is -3.19. The van der Waals surface area contributed by atoms with E-state index >= 15 is 0 Å². The van der Waals surface area contributed by atoms with Crippen LogP contribution in [0.5, 0.6) is 0 Å². The smallest absolute Gasteiger partial charge is 0.191 e. The maximum absolute atomic E-state index is 11.7. The predicted octanol–water partition coefficient (Wildman–Crippen LogP) is 3.28. The van der Waals surface area contributed by atoms with Gasteiger partial charge in [0.25, 0.3) is 0 Å². The molecule has 0 aromatic heterocycles. The number of nitrogens with one attached hydrogen (secondary N) is 2. The van der Waals surface area contributed by atoms with Crippen molar-refractivity contribution in [1.29, 1.82) is 0 Å². The summed E-state index contributed by atoms with van der Waals surface area (Å²) in [6.45, 7) is 9.68. The maximum Gasteiger partial charge on any atom is 0.191 e. The summed E-state index contributed by atoms with van der Waals surface area (Å²) in [5, 5.41) is 6.74. The number of halogens is 1. The number of benzene rings is 1. The van der Waals surface area contributed by atoms with Gasteiger partial charge in [-0.15, -0.1) is 24.0 Å². The van der Waals surface area contributed by atoms with Crippen LogP contribution in [-0.2, 0) is 21.1 Å². The van der Waals surface area contributed by atoms with Gasteiger partial charge in [-0.2, -0.15) is 0 Å². The Morgan fingerprint density at radius 3 is 2.50 bits per heavy atom. The number of ether oxygens (including phenoxy) is 1. The van der Waals surface area contributed by atoms with Crippen molar-refractivity contribution in [3.63, 3.8) is 0 Å². The molecule has 28 heavy (non-hydrogen) atoms. The lowest BCUT2D eigenvalue weighted by atomic mass is 10.0. The maximum atomic E-state index is 11.7. The summed E-state index contributed by atoms with van der Waals surface area (Å²) in [5.41, 5.74) is 2.10. The SMILES string of the molecule is CCNC(=NCc1ccc(S(C)(=O)=O)c(C)c1)NCC1(CCOCC)CC1.I. The molecule has 0 bridgehead atoms. The van der Waals surface area contributed by atoms with Crippen LogP contribution in [0, 0.1) is 12.3 Å². The van der Waals surface area contributed by atoms with Crippen molar-refractivity contribution in [3.05, 3.63) is 29.3 Å². The number of sulfone groups is 1. The second-order valence-electron chi connectivity index (χ2n) is 7.37. The molecule has 0 spiro atoms. The van der Waals surface area contributed by atoms with Crippen LogP contribution >= 0.6 is 24.0 Å². The van der Waals surface area contributed by atoms with Crippen LogP contribution in [-0.4, -0.2) is 46.9 Å². The van der Waals surface area contributed by atoms with E-state index in [2.05, 4.69) is 15.6 Å². The quantitative estimate of drug-likeness (QED) is 0.213. The molecular formula is C20H34IN3O3S. The Balaban J connectivity index is 0.00000392. The highest BCUT2D eigenvalue weighted by Gasteiger charge is 2.41.